The van der Waals surface area contributed by atoms with Crippen LogP contribution in [0.4, 0.5) is 4.39 Å². The summed E-state index contributed by atoms with van der Waals surface area (Å²) in [5.41, 5.74) is 2.68. The lowest BCUT2D eigenvalue weighted by atomic mass is 10.1. The van der Waals surface area contributed by atoms with Crippen LogP contribution in [0.15, 0.2) is 42.5 Å². The van der Waals surface area contributed by atoms with E-state index in [1.54, 1.807) is 6.07 Å². The number of benzene rings is 2. The predicted molar refractivity (Wildman–Crippen MR) is 75.9 cm³/mol. The highest BCUT2D eigenvalue weighted by atomic mass is 19.1. The monoisotopic (exact) mass is 270 g/mol. The Hall–Kier alpha value is -2.31. The molecule has 0 fully saturated rings. The third-order valence-corrected chi connectivity index (χ3v) is 2.71. The summed E-state index contributed by atoms with van der Waals surface area (Å²) in [7, 11) is 0. The minimum atomic E-state index is -0.409. The van der Waals surface area contributed by atoms with E-state index in [0.29, 0.717) is 17.9 Å². The third-order valence-electron chi connectivity index (χ3n) is 2.71. The molecular weight excluding hydrogens is 255 g/mol. The highest BCUT2D eigenvalue weighted by Crippen LogP contribution is 2.17. The number of aryl methyl sites for hydroxylation is 1. The van der Waals surface area contributed by atoms with Crippen LogP contribution in [-0.2, 0) is 6.61 Å². The van der Waals surface area contributed by atoms with E-state index in [2.05, 4.69) is 11.8 Å². The van der Waals surface area contributed by atoms with Crippen molar-refractivity contribution in [3.63, 3.8) is 0 Å². The molecule has 0 saturated heterocycles. The van der Waals surface area contributed by atoms with Crippen LogP contribution < -0.4 is 4.74 Å². The fraction of sp³-hybridized carbons (Fsp3) is 0.176. The second-order valence-corrected chi connectivity index (χ2v) is 4.41. The molecule has 20 heavy (non-hydrogen) atoms. The van der Waals surface area contributed by atoms with Gasteiger partial charge in [-0.25, -0.2) is 4.39 Å². The van der Waals surface area contributed by atoms with Gasteiger partial charge in [0.15, 0.2) is 0 Å². The largest absolute Gasteiger partial charge is 0.489 e. The molecule has 1 N–H and O–H groups in total. The van der Waals surface area contributed by atoms with Gasteiger partial charge in [-0.15, -0.1) is 0 Å². The number of aliphatic hydroxyl groups excluding tert-OH is 1. The molecule has 0 aromatic heterocycles. The zero-order valence-electron chi connectivity index (χ0n) is 11.2. The summed E-state index contributed by atoms with van der Waals surface area (Å²) in [6.07, 6.45) is 0. The van der Waals surface area contributed by atoms with Crippen molar-refractivity contribution in [2.24, 2.45) is 0 Å². The highest BCUT2D eigenvalue weighted by molar-refractivity contribution is 5.40. The zero-order chi connectivity index (χ0) is 14.4. The van der Waals surface area contributed by atoms with Crippen molar-refractivity contribution in [1.82, 2.24) is 0 Å². The molecule has 0 unspecified atom stereocenters. The second kappa shape index (κ2) is 6.74. The van der Waals surface area contributed by atoms with Crippen molar-refractivity contribution >= 4 is 0 Å². The Kier molecular flexibility index (Phi) is 4.75. The average molecular weight is 270 g/mol. The van der Waals surface area contributed by atoms with E-state index in [0.717, 1.165) is 5.56 Å². The van der Waals surface area contributed by atoms with Crippen molar-refractivity contribution in [2.45, 2.75) is 13.5 Å². The van der Waals surface area contributed by atoms with Crippen LogP contribution in [0.3, 0.4) is 0 Å². The smallest absolute Gasteiger partial charge is 0.128 e. The number of hydrogen-bond acceptors (Lipinski definition) is 2. The minimum absolute atomic E-state index is 0.254. The Morgan fingerprint density at radius 2 is 1.90 bits per heavy atom. The molecule has 0 aliphatic rings. The molecule has 0 spiro atoms. The Bertz CT molecular complexity index is 636. The number of halogens is 1. The van der Waals surface area contributed by atoms with E-state index in [1.807, 2.05) is 31.2 Å². The summed E-state index contributed by atoms with van der Waals surface area (Å²) in [4.78, 5) is 0. The molecule has 3 heteroatoms. The zero-order valence-corrected chi connectivity index (χ0v) is 11.2. The minimum Gasteiger partial charge on any atom is -0.489 e. The van der Waals surface area contributed by atoms with Crippen molar-refractivity contribution in [3.8, 4) is 17.6 Å². The van der Waals surface area contributed by atoms with Crippen molar-refractivity contribution in [3.05, 3.63) is 65.0 Å². The fourth-order valence-corrected chi connectivity index (χ4v) is 1.71. The third kappa shape index (κ3) is 4.11. The molecule has 2 aromatic rings. The first kappa shape index (κ1) is 14.1. The van der Waals surface area contributed by atoms with E-state index in [-0.39, 0.29) is 6.61 Å². The van der Waals surface area contributed by atoms with Gasteiger partial charge in [0.1, 0.15) is 24.8 Å². The van der Waals surface area contributed by atoms with Crippen molar-refractivity contribution < 1.29 is 14.2 Å². The molecule has 0 atom stereocenters. The van der Waals surface area contributed by atoms with Gasteiger partial charge in [0.25, 0.3) is 0 Å². The lowest BCUT2D eigenvalue weighted by Gasteiger charge is -2.07. The van der Waals surface area contributed by atoms with Gasteiger partial charge in [-0.3, -0.25) is 0 Å². The molecule has 0 heterocycles. The van der Waals surface area contributed by atoms with E-state index in [9.17, 15) is 4.39 Å². The van der Waals surface area contributed by atoms with Gasteiger partial charge in [0.2, 0.25) is 0 Å². The lowest BCUT2D eigenvalue weighted by molar-refractivity contribution is 0.304. The summed E-state index contributed by atoms with van der Waals surface area (Å²) in [6, 6.07) is 12.2. The van der Waals surface area contributed by atoms with Crippen LogP contribution in [-0.4, -0.2) is 11.7 Å². The van der Waals surface area contributed by atoms with Crippen LogP contribution in [0.1, 0.15) is 16.7 Å². The Morgan fingerprint density at radius 1 is 1.15 bits per heavy atom. The maximum absolute atomic E-state index is 13.4. The summed E-state index contributed by atoms with van der Waals surface area (Å²) in [6.45, 7) is 2.13. The SMILES string of the molecule is Cc1ccc(COc2cc(F)cc(C#CCO)c2)cc1. The summed E-state index contributed by atoms with van der Waals surface area (Å²) in [5.74, 6) is 5.16. The standard InChI is InChI=1S/C17H15FO2/c1-13-4-6-14(7-5-13)12-20-17-10-15(3-2-8-19)9-16(18)11-17/h4-7,9-11,19H,8,12H2,1H3. The summed E-state index contributed by atoms with van der Waals surface area (Å²) >= 11 is 0. The van der Waals surface area contributed by atoms with Gasteiger partial charge in [-0.1, -0.05) is 41.7 Å². The first-order valence-electron chi connectivity index (χ1n) is 6.26. The first-order valence-corrected chi connectivity index (χ1v) is 6.26. The lowest BCUT2D eigenvalue weighted by Crippen LogP contribution is -1.96. The van der Waals surface area contributed by atoms with Crippen LogP contribution in [0.2, 0.25) is 0 Å². The van der Waals surface area contributed by atoms with Gasteiger partial charge in [-0.05, 0) is 24.6 Å². The van der Waals surface area contributed by atoms with Crippen molar-refractivity contribution in [1.29, 1.82) is 0 Å². The Balaban J connectivity index is 2.09. The van der Waals surface area contributed by atoms with Gasteiger partial charge < -0.3 is 9.84 Å². The van der Waals surface area contributed by atoms with E-state index >= 15 is 0 Å². The molecule has 2 rings (SSSR count). The van der Waals surface area contributed by atoms with E-state index in [1.165, 1.54) is 17.7 Å². The Labute approximate surface area is 117 Å². The quantitative estimate of drug-likeness (QED) is 0.869. The topological polar surface area (TPSA) is 29.5 Å². The number of rotatable bonds is 3. The van der Waals surface area contributed by atoms with Gasteiger partial charge in [-0.2, -0.15) is 0 Å². The predicted octanol–water partition coefficient (Wildman–Crippen LogP) is 3.06. The van der Waals surface area contributed by atoms with E-state index < -0.39 is 5.82 Å². The van der Waals surface area contributed by atoms with E-state index in [4.69, 9.17) is 9.84 Å². The number of aliphatic hydroxyl groups is 1. The maximum Gasteiger partial charge on any atom is 0.128 e. The van der Waals surface area contributed by atoms with Crippen LogP contribution in [0, 0.1) is 24.6 Å². The number of ether oxygens (including phenoxy) is 1. The maximum atomic E-state index is 13.4. The van der Waals surface area contributed by atoms with Gasteiger partial charge in [0.05, 0.1) is 0 Å². The van der Waals surface area contributed by atoms with Crippen molar-refractivity contribution in [2.75, 3.05) is 6.61 Å². The molecule has 2 nitrogen and oxygen atoms in total. The first-order chi connectivity index (χ1) is 9.67. The molecule has 102 valence electrons. The van der Waals surface area contributed by atoms with Gasteiger partial charge >= 0.3 is 0 Å². The van der Waals surface area contributed by atoms with Gasteiger partial charge in [0, 0.05) is 11.6 Å². The molecule has 0 radical (unpaired) electrons. The molecule has 2 aromatic carbocycles. The molecule has 0 aliphatic heterocycles. The molecule has 0 saturated carbocycles. The molecule has 0 amide bonds. The molecule has 0 aliphatic carbocycles. The normalized spacial score (nSPS) is 9.75. The summed E-state index contributed by atoms with van der Waals surface area (Å²) in [5, 5.41) is 8.64. The van der Waals surface area contributed by atoms with Crippen LogP contribution in [0.25, 0.3) is 0 Å². The summed E-state index contributed by atoms with van der Waals surface area (Å²) < 4.78 is 19.0. The molecule has 0 bridgehead atoms. The fourth-order valence-electron chi connectivity index (χ4n) is 1.71. The second-order valence-electron chi connectivity index (χ2n) is 4.41. The average Bonchev–Trinajstić information content (AvgIpc) is 2.44. The van der Waals surface area contributed by atoms with Crippen LogP contribution >= 0.6 is 0 Å². The molecular formula is C17H15FO2. The van der Waals surface area contributed by atoms with Crippen LogP contribution in [0.5, 0.6) is 5.75 Å². The number of hydrogen-bond donors (Lipinski definition) is 1. The Morgan fingerprint density at radius 3 is 2.60 bits per heavy atom. The highest BCUT2D eigenvalue weighted by Gasteiger charge is 2.01.